The van der Waals surface area contributed by atoms with E-state index < -0.39 is 0 Å². The highest BCUT2D eigenvalue weighted by atomic mass is 14.3. The second kappa shape index (κ2) is 3.00. The van der Waals surface area contributed by atoms with E-state index >= 15 is 0 Å². The van der Waals surface area contributed by atoms with Gasteiger partial charge in [-0.15, -0.1) is 0 Å². The van der Waals surface area contributed by atoms with Crippen molar-refractivity contribution in [2.45, 2.75) is 47.0 Å². The second-order valence-corrected chi connectivity index (χ2v) is 4.50. The highest BCUT2D eigenvalue weighted by Gasteiger charge is 2.24. The molecule has 1 rings (SSSR count). The van der Waals surface area contributed by atoms with Gasteiger partial charge < -0.3 is 0 Å². The molecular formula is C11H20. The van der Waals surface area contributed by atoms with Gasteiger partial charge in [0.05, 0.1) is 0 Å². The van der Waals surface area contributed by atoms with Crippen LogP contribution >= 0.6 is 0 Å². The largest absolute Gasteiger partial charge is 0.0797 e. The van der Waals surface area contributed by atoms with E-state index in [0.717, 1.165) is 5.92 Å². The first-order valence-electron chi connectivity index (χ1n) is 4.74. The van der Waals surface area contributed by atoms with E-state index in [1.165, 1.54) is 19.3 Å². The van der Waals surface area contributed by atoms with Gasteiger partial charge in [0, 0.05) is 0 Å². The van der Waals surface area contributed by atoms with Crippen molar-refractivity contribution in [1.82, 2.24) is 0 Å². The highest BCUT2D eigenvalue weighted by molar-refractivity contribution is 5.13. The van der Waals surface area contributed by atoms with E-state index in [0.29, 0.717) is 5.41 Å². The van der Waals surface area contributed by atoms with Crippen molar-refractivity contribution in [1.29, 1.82) is 0 Å². The number of allylic oxidation sites excluding steroid dienone is 2. The maximum absolute atomic E-state index is 2.46. The molecule has 64 valence electrons. The summed E-state index contributed by atoms with van der Waals surface area (Å²) in [6.07, 6.45) is 6.58. The van der Waals surface area contributed by atoms with Crippen molar-refractivity contribution in [2.75, 3.05) is 0 Å². The Balaban J connectivity index is 2.54. The Bertz CT molecular complexity index is 159. The molecule has 0 aromatic carbocycles. The summed E-state index contributed by atoms with van der Waals surface area (Å²) in [7, 11) is 0. The minimum absolute atomic E-state index is 0.423. The van der Waals surface area contributed by atoms with Crippen LogP contribution in [0.4, 0.5) is 0 Å². The lowest BCUT2D eigenvalue weighted by Gasteiger charge is -2.18. The molecule has 1 saturated carbocycles. The van der Waals surface area contributed by atoms with Crippen LogP contribution in [0.15, 0.2) is 11.6 Å². The molecule has 11 heavy (non-hydrogen) atoms. The van der Waals surface area contributed by atoms with E-state index in [1.807, 2.05) is 0 Å². The Morgan fingerprint density at radius 1 is 1.45 bits per heavy atom. The topological polar surface area (TPSA) is 0 Å². The third-order valence-electron chi connectivity index (χ3n) is 2.75. The minimum atomic E-state index is 0.423. The van der Waals surface area contributed by atoms with Gasteiger partial charge in [-0.3, -0.25) is 0 Å². The number of hydrogen-bond donors (Lipinski definition) is 0. The monoisotopic (exact) mass is 152 g/mol. The predicted octanol–water partition coefficient (Wildman–Crippen LogP) is 3.78. The first-order valence-corrected chi connectivity index (χ1v) is 4.74. The Morgan fingerprint density at radius 3 is 2.36 bits per heavy atom. The molecule has 0 atom stereocenters. The minimum Gasteiger partial charge on any atom is -0.0797 e. The molecule has 0 aliphatic heterocycles. The average Bonchev–Trinajstić information content (AvgIpc) is 2.67. The molecule has 0 saturated heterocycles. The SMILES string of the molecule is CCC(C)(C)C=C(C)C1CC1. The fraction of sp³-hybridized carbons (Fsp3) is 0.818. The van der Waals surface area contributed by atoms with Crippen LogP contribution < -0.4 is 0 Å². The average molecular weight is 152 g/mol. The van der Waals surface area contributed by atoms with Gasteiger partial charge in [-0.2, -0.15) is 0 Å². The van der Waals surface area contributed by atoms with Gasteiger partial charge in [-0.1, -0.05) is 32.4 Å². The van der Waals surface area contributed by atoms with Crippen LogP contribution in [0.1, 0.15) is 47.0 Å². The van der Waals surface area contributed by atoms with Crippen LogP contribution in [0, 0.1) is 11.3 Å². The molecule has 0 nitrogen and oxygen atoms in total. The van der Waals surface area contributed by atoms with E-state index in [1.54, 1.807) is 5.57 Å². The van der Waals surface area contributed by atoms with E-state index in [-0.39, 0.29) is 0 Å². The van der Waals surface area contributed by atoms with Crippen LogP contribution in [-0.4, -0.2) is 0 Å². The van der Waals surface area contributed by atoms with Gasteiger partial charge in [0.25, 0.3) is 0 Å². The van der Waals surface area contributed by atoms with Gasteiger partial charge in [0.1, 0.15) is 0 Å². The molecule has 1 fully saturated rings. The van der Waals surface area contributed by atoms with Crippen molar-refractivity contribution in [2.24, 2.45) is 11.3 Å². The van der Waals surface area contributed by atoms with Crippen LogP contribution in [0.2, 0.25) is 0 Å². The molecule has 1 aliphatic rings. The maximum Gasteiger partial charge on any atom is -0.0175 e. The molecule has 0 radical (unpaired) electrons. The molecule has 0 heteroatoms. The lowest BCUT2D eigenvalue weighted by Crippen LogP contribution is -2.06. The Kier molecular flexibility index (Phi) is 2.41. The Hall–Kier alpha value is -0.260. The Morgan fingerprint density at radius 2 is 2.00 bits per heavy atom. The van der Waals surface area contributed by atoms with Crippen molar-refractivity contribution in [3.05, 3.63) is 11.6 Å². The van der Waals surface area contributed by atoms with Crippen LogP contribution in [0.5, 0.6) is 0 Å². The zero-order chi connectivity index (χ0) is 8.48. The quantitative estimate of drug-likeness (QED) is 0.540. The summed E-state index contributed by atoms with van der Waals surface area (Å²) in [5.74, 6) is 0.945. The fourth-order valence-electron chi connectivity index (χ4n) is 1.37. The molecule has 1 aliphatic carbocycles. The Labute approximate surface area is 70.7 Å². The van der Waals surface area contributed by atoms with Gasteiger partial charge >= 0.3 is 0 Å². The molecule has 0 amide bonds. The van der Waals surface area contributed by atoms with E-state index in [9.17, 15) is 0 Å². The molecule has 0 heterocycles. The molecule has 0 aromatic heterocycles. The standard InChI is InChI=1S/C11H20/c1-5-11(3,4)8-9(2)10-6-7-10/h8,10H,5-7H2,1-4H3. The molecule has 0 aromatic rings. The van der Waals surface area contributed by atoms with Gasteiger partial charge in [0.15, 0.2) is 0 Å². The summed E-state index contributed by atoms with van der Waals surface area (Å²) < 4.78 is 0. The van der Waals surface area contributed by atoms with Gasteiger partial charge in [-0.25, -0.2) is 0 Å². The first-order chi connectivity index (χ1) is 5.05. The lowest BCUT2D eigenvalue weighted by atomic mass is 9.87. The van der Waals surface area contributed by atoms with Crippen molar-refractivity contribution in [3.8, 4) is 0 Å². The third kappa shape index (κ3) is 2.69. The van der Waals surface area contributed by atoms with Gasteiger partial charge in [-0.05, 0) is 37.5 Å². The predicted molar refractivity (Wildman–Crippen MR) is 50.6 cm³/mol. The van der Waals surface area contributed by atoms with E-state index in [4.69, 9.17) is 0 Å². The summed E-state index contributed by atoms with van der Waals surface area (Å²) in [6.45, 7) is 9.18. The number of hydrogen-bond acceptors (Lipinski definition) is 0. The summed E-state index contributed by atoms with van der Waals surface area (Å²) >= 11 is 0. The van der Waals surface area contributed by atoms with Crippen molar-refractivity contribution < 1.29 is 0 Å². The third-order valence-corrected chi connectivity index (χ3v) is 2.75. The van der Waals surface area contributed by atoms with Crippen molar-refractivity contribution in [3.63, 3.8) is 0 Å². The zero-order valence-electron chi connectivity index (χ0n) is 8.28. The smallest absolute Gasteiger partial charge is 0.0175 e. The highest BCUT2D eigenvalue weighted by Crippen LogP contribution is 2.38. The second-order valence-electron chi connectivity index (χ2n) is 4.50. The van der Waals surface area contributed by atoms with Crippen molar-refractivity contribution >= 4 is 0 Å². The van der Waals surface area contributed by atoms with Crippen LogP contribution in [0.25, 0.3) is 0 Å². The molecule has 0 unspecified atom stereocenters. The maximum atomic E-state index is 2.46. The summed E-state index contributed by atoms with van der Waals surface area (Å²) in [5, 5.41) is 0. The molecule has 0 N–H and O–H groups in total. The number of rotatable bonds is 3. The first kappa shape index (κ1) is 8.83. The molecule has 0 bridgehead atoms. The van der Waals surface area contributed by atoms with E-state index in [2.05, 4.69) is 33.8 Å². The summed E-state index contributed by atoms with van der Waals surface area (Å²) in [6, 6.07) is 0. The lowest BCUT2D eigenvalue weighted by molar-refractivity contribution is 0.457. The molecule has 0 spiro atoms. The summed E-state index contributed by atoms with van der Waals surface area (Å²) in [5.41, 5.74) is 2.05. The molecular weight excluding hydrogens is 132 g/mol. The van der Waals surface area contributed by atoms with Crippen LogP contribution in [-0.2, 0) is 0 Å². The zero-order valence-corrected chi connectivity index (χ0v) is 8.28. The van der Waals surface area contributed by atoms with Gasteiger partial charge in [0.2, 0.25) is 0 Å². The summed E-state index contributed by atoms with van der Waals surface area (Å²) in [4.78, 5) is 0. The normalized spacial score (nSPS) is 20.5. The van der Waals surface area contributed by atoms with Crippen LogP contribution in [0.3, 0.4) is 0 Å². The fourth-order valence-corrected chi connectivity index (χ4v) is 1.37.